The Morgan fingerprint density at radius 3 is 2.38 bits per heavy atom. The molecule has 24 heavy (non-hydrogen) atoms. The first-order chi connectivity index (χ1) is 11.8. The van der Waals surface area contributed by atoms with E-state index in [2.05, 4.69) is 9.88 Å². The smallest absolute Gasteiger partial charge is 0.274 e. The van der Waals surface area contributed by atoms with E-state index in [0.29, 0.717) is 18.8 Å². The molecule has 0 unspecified atom stereocenters. The largest absolute Gasteiger partial charge is 0.497 e. The van der Waals surface area contributed by atoms with Crippen LogP contribution in [-0.2, 0) is 4.79 Å². The molecule has 0 radical (unpaired) electrons. The molecule has 1 saturated heterocycles. The number of nitrogens with zero attached hydrogens (tertiary/aromatic N) is 2. The fourth-order valence-electron chi connectivity index (χ4n) is 2.69. The Morgan fingerprint density at radius 1 is 1.04 bits per heavy atom. The fourth-order valence-corrected chi connectivity index (χ4v) is 2.69. The molecule has 2 aromatic rings. The van der Waals surface area contributed by atoms with E-state index in [4.69, 9.17) is 9.47 Å². The summed E-state index contributed by atoms with van der Waals surface area (Å²) in [5, 5.41) is 0. The number of hydrogen-bond acceptors (Lipinski definition) is 4. The molecule has 1 N–H and O–H groups in total. The van der Waals surface area contributed by atoms with Crippen LogP contribution in [0.4, 0.5) is 5.82 Å². The molecule has 0 bridgehead atoms. The van der Waals surface area contributed by atoms with E-state index in [1.54, 1.807) is 19.2 Å². The van der Waals surface area contributed by atoms with E-state index in [1.165, 1.54) is 0 Å². The Hall–Kier alpha value is -2.76. The summed E-state index contributed by atoms with van der Waals surface area (Å²) in [5.74, 6) is 2.53. The number of carbonyl (C=O) groups is 1. The van der Waals surface area contributed by atoms with Crippen molar-refractivity contribution in [2.24, 2.45) is 0 Å². The first kappa shape index (κ1) is 16.1. The molecule has 3 rings (SSSR count). The number of nitrogens with one attached hydrogen (secondary N) is 1. The molecule has 1 aliphatic rings. The van der Waals surface area contributed by atoms with Gasteiger partial charge in [0.1, 0.15) is 24.6 Å². The van der Waals surface area contributed by atoms with E-state index in [1.807, 2.05) is 41.4 Å². The van der Waals surface area contributed by atoms with Gasteiger partial charge in [-0.05, 0) is 30.3 Å². The number of aromatic amines is 1. The standard InChI is InChI=1S/C18H21N3O3/c1-23-15-5-7-16(8-6-15)24-14-18(22)21-12-10-20(11-13-21)17-4-2-3-9-19-17/h2-9H,10-14H2,1H3/p+1. The molecule has 6 nitrogen and oxygen atoms in total. The molecule has 126 valence electrons. The molecule has 1 aliphatic heterocycles. The molecule has 0 atom stereocenters. The monoisotopic (exact) mass is 328 g/mol. The fraction of sp³-hybridized carbons (Fsp3) is 0.333. The van der Waals surface area contributed by atoms with Crippen molar-refractivity contribution in [3.05, 3.63) is 48.7 Å². The highest BCUT2D eigenvalue weighted by atomic mass is 16.5. The second-order valence-corrected chi connectivity index (χ2v) is 5.58. The molecule has 1 aromatic carbocycles. The number of rotatable bonds is 5. The van der Waals surface area contributed by atoms with Crippen molar-refractivity contribution in [2.75, 3.05) is 44.8 Å². The van der Waals surface area contributed by atoms with Gasteiger partial charge in [-0.25, -0.2) is 4.98 Å². The third-order valence-electron chi connectivity index (χ3n) is 4.09. The molecular weight excluding hydrogens is 306 g/mol. The maximum Gasteiger partial charge on any atom is 0.274 e. The molecule has 1 amide bonds. The van der Waals surface area contributed by atoms with Gasteiger partial charge in [0, 0.05) is 6.07 Å². The molecule has 1 aromatic heterocycles. The van der Waals surface area contributed by atoms with Crippen LogP contribution in [-0.4, -0.2) is 50.7 Å². The summed E-state index contributed by atoms with van der Waals surface area (Å²) >= 11 is 0. The Labute approximate surface area is 141 Å². The number of hydrogen-bond donors (Lipinski definition) is 0. The van der Waals surface area contributed by atoms with Crippen LogP contribution in [0, 0.1) is 0 Å². The van der Waals surface area contributed by atoms with Crippen LogP contribution in [0.15, 0.2) is 48.7 Å². The van der Waals surface area contributed by atoms with Crippen molar-refractivity contribution >= 4 is 11.7 Å². The van der Waals surface area contributed by atoms with Gasteiger partial charge in [0.2, 0.25) is 0 Å². The molecular formula is C18H22N3O3+. The van der Waals surface area contributed by atoms with Crippen molar-refractivity contribution in [1.82, 2.24) is 4.90 Å². The van der Waals surface area contributed by atoms with Gasteiger partial charge in [0.25, 0.3) is 11.7 Å². The van der Waals surface area contributed by atoms with Crippen LogP contribution in [0.3, 0.4) is 0 Å². The van der Waals surface area contributed by atoms with Crippen molar-refractivity contribution in [3.8, 4) is 11.5 Å². The summed E-state index contributed by atoms with van der Waals surface area (Å²) in [6, 6.07) is 13.2. The third kappa shape index (κ3) is 3.95. The summed E-state index contributed by atoms with van der Waals surface area (Å²) in [7, 11) is 1.62. The second-order valence-electron chi connectivity index (χ2n) is 5.58. The Bertz CT molecular complexity index is 653. The van der Waals surface area contributed by atoms with E-state index >= 15 is 0 Å². The topological polar surface area (TPSA) is 56.2 Å². The van der Waals surface area contributed by atoms with Crippen molar-refractivity contribution < 1.29 is 19.3 Å². The number of amides is 1. The van der Waals surface area contributed by atoms with E-state index in [0.717, 1.165) is 24.7 Å². The van der Waals surface area contributed by atoms with Crippen LogP contribution < -0.4 is 19.4 Å². The number of aromatic nitrogens is 1. The lowest BCUT2D eigenvalue weighted by atomic mass is 10.3. The summed E-state index contributed by atoms with van der Waals surface area (Å²) in [6.07, 6.45) is 1.91. The summed E-state index contributed by atoms with van der Waals surface area (Å²) in [5.41, 5.74) is 0. The minimum atomic E-state index is 0.0162. The van der Waals surface area contributed by atoms with Crippen LogP contribution in [0.2, 0.25) is 0 Å². The highest BCUT2D eigenvalue weighted by Gasteiger charge is 2.26. The van der Waals surface area contributed by atoms with Gasteiger partial charge in [0.05, 0.1) is 26.4 Å². The number of methoxy groups -OCH3 is 1. The van der Waals surface area contributed by atoms with E-state index < -0.39 is 0 Å². The van der Waals surface area contributed by atoms with Gasteiger partial charge in [-0.3, -0.25) is 9.69 Å². The lowest BCUT2D eigenvalue weighted by Crippen LogP contribution is -2.51. The first-order valence-corrected chi connectivity index (χ1v) is 8.02. The lowest BCUT2D eigenvalue weighted by molar-refractivity contribution is -0.364. The Morgan fingerprint density at radius 2 is 1.75 bits per heavy atom. The van der Waals surface area contributed by atoms with Gasteiger partial charge < -0.3 is 14.4 Å². The highest BCUT2D eigenvalue weighted by Crippen LogP contribution is 2.17. The van der Waals surface area contributed by atoms with Crippen molar-refractivity contribution in [1.29, 1.82) is 0 Å². The average molecular weight is 328 g/mol. The second kappa shape index (κ2) is 7.68. The summed E-state index contributed by atoms with van der Waals surface area (Å²) in [4.78, 5) is 19.6. The molecule has 2 heterocycles. The Balaban J connectivity index is 1.46. The van der Waals surface area contributed by atoms with Gasteiger partial charge in [-0.1, -0.05) is 6.07 Å². The van der Waals surface area contributed by atoms with Crippen LogP contribution in [0.1, 0.15) is 0 Å². The number of anilines is 1. The van der Waals surface area contributed by atoms with Gasteiger partial charge in [0.15, 0.2) is 6.61 Å². The third-order valence-corrected chi connectivity index (χ3v) is 4.09. The number of pyridine rings is 1. The lowest BCUT2D eigenvalue weighted by Gasteiger charge is -2.30. The zero-order chi connectivity index (χ0) is 16.8. The summed E-state index contributed by atoms with van der Waals surface area (Å²) < 4.78 is 10.7. The zero-order valence-corrected chi connectivity index (χ0v) is 13.8. The van der Waals surface area contributed by atoms with E-state index in [-0.39, 0.29) is 12.5 Å². The number of H-pyrrole nitrogens is 1. The minimum absolute atomic E-state index is 0.0162. The number of benzene rings is 1. The summed E-state index contributed by atoms with van der Waals surface area (Å²) in [6.45, 7) is 3.09. The normalized spacial score (nSPS) is 14.4. The van der Waals surface area contributed by atoms with Crippen molar-refractivity contribution in [3.63, 3.8) is 0 Å². The Kier molecular flexibility index (Phi) is 5.15. The van der Waals surface area contributed by atoms with E-state index in [9.17, 15) is 4.79 Å². The van der Waals surface area contributed by atoms with Gasteiger partial charge >= 0.3 is 0 Å². The molecule has 1 fully saturated rings. The molecule has 0 aliphatic carbocycles. The first-order valence-electron chi connectivity index (χ1n) is 8.02. The van der Waals surface area contributed by atoms with Gasteiger partial charge in [-0.2, -0.15) is 0 Å². The van der Waals surface area contributed by atoms with Crippen LogP contribution >= 0.6 is 0 Å². The predicted octanol–water partition coefficient (Wildman–Crippen LogP) is 1.24. The maximum atomic E-state index is 12.3. The molecule has 6 heteroatoms. The van der Waals surface area contributed by atoms with Crippen LogP contribution in [0.5, 0.6) is 11.5 Å². The highest BCUT2D eigenvalue weighted by molar-refractivity contribution is 5.78. The molecule has 0 spiro atoms. The van der Waals surface area contributed by atoms with Crippen molar-refractivity contribution in [2.45, 2.75) is 0 Å². The number of ether oxygens (including phenoxy) is 2. The number of carbonyl (C=O) groups excluding carboxylic acids is 1. The minimum Gasteiger partial charge on any atom is -0.497 e. The van der Waals surface area contributed by atoms with Crippen LogP contribution in [0.25, 0.3) is 0 Å². The quantitative estimate of drug-likeness (QED) is 0.829. The van der Waals surface area contributed by atoms with Gasteiger partial charge in [-0.15, -0.1) is 0 Å². The maximum absolute atomic E-state index is 12.3. The average Bonchev–Trinajstić information content (AvgIpc) is 2.67. The zero-order valence-electron chi connectivity index (χ0n) is 13.8. The number of piperazine rings is 1. The molecule has 0 saturated carbocycles. The SMILES string of the molecule is COc1ccc(OCC(=O)N2CCN(c3cccc[nH+]3)CC2)cc1. The predicted molar refractivity (Wildman–Crippen MR) is 90.3 cm³/mol.